The first kappa shape index (κ1) is 14.1. The molecule has 0 bridgehead atoms. The van der Waals surface area contributed by atoms with Gasteiger partial charge in [-0.2, -0.15) is 0 Å². The zero-order chi connectivity index (χ0) is 14.4. The smallest absolute Gasteiger partial charge is 0.303 e. The van der Waals surface area contributed by atoms with Crippen LogP contribution in [0.2, 0.25) is 0 Å². The third kappa shape index (κ3) is 3.82. The molecule has 0 radical (unpaired) electrons. The first-order valence-corrected chi connectivity index (χ1v) is 6.65. The largest absolute Gasteiger partial charge is 0.481 e. The van der Waals surface area contributed by atoms with E-state index in [-0.39, 0.29) is 12.3 Å². The van der Waals surface area contributed by atoms with Crippen molar-refractivity contribution in [2.45, 2.75) is 19.3 Å². The van der Waals surface area contributed by atoms with Gasteiger partial charge >= 0.3 is 5.97 Å². The highest BCUT2D eigenvalue weighted by molar-refractivity contribution is 5.98. The number of carbonyl (C=O) groups excluding carboxylic acids is 1. The zero-order valence-electron chi connectivity index (χ0n) is 11.1. The molecule has 0 aromatic heterocycles. The summed E-state index contributed by atoms with van der Waals surface area (Å²) >= 11 is 0. The minimum atomic E-state index is -0.800. The first-order chi connectivity index (χ1) is 9.66. The second kappa shape index (κ2) is 6.70. The summed E-state index contributed by atoms with van der Waals surface area (Å²) in [6.07, 6.45) is 1.39. The summed E-state index contributed by atoms with van der Waals surface area (Å²) in [7, 11) is 0. The number of carboxylic acid groups (broad SMARTS) is 1. The Hall–Kier alpha value is -2.36. The van der Waals surface area contributed by atoms with E-state index in [2.05, 4.69) is 5.32 Å². The molecule has 0 fully saturated rings. The molecular weight excluding hydrogens is 254 g/mol. The van der Waals surface area contributed by atoms with Crippen molar-refractivity contribution >= 4 is 22.6 Å². The highest BCUT2D eigenvalue weighted by atomic mass is 16.4. The average molecular weight is 271 g/mol. The first-order valence-electron chi connectivity index (χ1n) is 6.65. The Morgan fingerprint density at radius 3 is 2.50 bits per heavy atom. The summed E-state index contributed by atoms with van der Waals surface area (Å²) in [5, 5.41) is 13.5. The van der Waals surface area contributed by atoms with Crippen molar-refractivity contribution in [2.75, 3.05) is 6.54 Å². The van der Waals surface area contributed by atoms with Crippen molar-refractivity contribution in [1.82, 2.24) is 5.32 Å². The van der Waals surface area contributed by atoms with Crippen LogP contribution in [0.25, 0.3) is 10.8 Å². The summed E-state index contributed by atoms with van der Waals surface area (Å²) in [6, 6.07) is 13.5. The number of fused-ring (bicyclic) bond motifs is 1. The molecule has 0 aliphatic heterocycles. The van der Waals surface area contributed by atoms with Crippen LogP contribution in [0.5, 0.6) is 0 Å². The number of carboxylic acids is 1. The standard InChI is InChI=1S/C16H17NO3/c18-15(19)7-3-4-10-17-16(20)14-9-8-12-5-1-2-6-13(12)11-14/h1-2,5-6,8-9,11H,3-4,7,10H2,(H,17,20)(H,18,19). The molecular formula is C16H17NO3. The van der Waals surface area contributed by atoms with E-state index < -0.39 is 5.97 Å². The molecule has 104 valence electrons. The Morgan fingerprint density at radius 1 is 1.00 bits per heavy atom. The molecule has 2 rings (SSSR count). The summed E-state index contributed by atoms with van der Waals surface area (Å²) in [5.74, 6) is -0.920. The summed E-state index contributed by atoms with van der Waals surface area (Å²) in [6.45, 7) is 0.499. The third-order valence-corrected chi connectivity index (χ3v) is 3.11. The van der Waals surface area contributed by atoms with Crippen molar-refractivity contribution in [2.24, 2.45) is 0 Å². The van der Waals surface area contributed by atoms with Crippen LogP contribution in [0.3, 0.4) is 0 Å². The Labute approximate surface area is 117 Å². The van der Waals surface area contributed by atoms with Gasteiger partial charge in [-0.1, -0.05) is 30.3 Å². The van der Waals surface area contributed by atoms with Crippen molar-refractivity contribution in [3.63, 3.8) is 0 Å². The maximum Gasteiger partial charge on any atom is 0.303 e. The maximum atomic E-state index is 12.0. The molecule has 1 amide bonds. The highest BCUT2D eigenvalue weighted by Crippen LogP contribution is 2.15. The molecule has 0 atom stereocenters. The van der Waals surface area contributed by atoms with Gasteiger partial charge in [-0.3, -0.25) is 9.59 Å². The number of unbranched alkanes of at least 4 members (excludes halogenated alkanes) is 1. The quantitative estimate of drug-likeness (QED) is 0.794. The van der Waals surface area contributed by atoms with Crippen LogP contribution in [-0.2, 0) is 4.79 Å². The number of amides is 1. The number of nitrogens with one attached hydrogen (secondary N) is 1. The van der Waals surface area contributed by atoms with Gasteiger partial charge in [0, 0.05) is 18.5 Å². The van der Waals surface area contributed by atoms with Crippen LogP contribution >= 0.6 is 0 Å². The molecule has 20 heavy (non-hydrogen) atoms. The summed E-state index contributed by atoms with van der Waals surface area (Å²) < 4.78 is 0. The Kier molecular flexibility index (Phi) is 4.71. The average Bonchev–Trinajstić information content (AvgIpc) is 2.46. The van der Waals surface area contributed by atoms with Crippen molar-refractivity contribution in [3.05, 3.63) is 48.0 Å². The predicted molar refractivity (Wildman–Crippen MR) is 77.8 cm³/mol. The zero-order valence-corrected chi connectivity index (χ0v) is 11.1. The number of carbonyl (C=O) groups is 2. The van der Waals surface area contributed by atoms with Crippen LogP contribution in [0, 0.1) is 0 Å². The van der Waals surface area contributed by atoms with E-state index in [4.69, 9.17) is 5.11 Å². The molecule has 0 aliphatic rings. The maximum absolute atomic E-state index is 12.0. The molecule has 0 spiro atoms. The number of aliphatic carboxylic acids is 1. The summed E-state index contributed by atoms with van der Waals surface area (Å²) in [5.41, 5.74) is 0.627. The van der Waals surface area contributed by atoms with Gasteiger partial charge in [0.1, 0.15) is 0 Å². The van der Waals surface area contributed by atoms with E-state index in [1.165, 1.54) is 0 Å². The fourth-order valence-corrected chi connectivity index (χ4v) is 2.04. The SMILES string of the molecule is O=C(O)CCCCNC(=O)c1ccc2ccccc2c1. The lowest BCUT2D eigenvalue weighted by Crippen LogP contribution is -2.24. The lowest BCUT2D eigenvalue weighted by atomic mass is 10.1. The van der Waals surface area contributed by atoms with Crippen molar-refractivity contribution in [3.8, 4) is 0 Å². The number of hydrogen-bond acceptors (Lipinski definition) is 2. The van der Waals surface area contributed by atoms with E-state index in [1.807, 2.05) is 36.4 Å². The van der Waals surface area contributed by atoms with Gasteiger partial charge in [0.05, 0.1) is 0 Å². The van der Waals surface area contributed by atoms with Crippen molar-refractivity contribution < 1.29 is 14.7 Å². The van der Waals surface area contributed by atoms with Gasteiger partial charge in [-0.25, -0.2) is 0 Å². The monoisotopic (exact) mass is 271 g/mol. The van der Waals surface area contributed by atoms with E-state index in [9.17, 15) is 9.59 Å². The van der Waals surface area contributed by atoms with Crippen LogP contribution < -0.4 is 5.32 Å². The van der Waals surface area contributed by atoms with Crippen LogP contribution in [-0.4, -0.2) is 23.5 Å². The minimum absolute atomic E-state index is 0.119. The van der Waals surface area contributed by atoms with Gasteiger partial charge in [0.25, 0.3) is 5.91 Å². The fraction of sp³-hybridized carbons (Fsp3) is 0.250. The predicted octanol–water partition coefficient (Wildman–Crippen LogP) is 2.82. The molecule has 0 aliphatic carbocycles. The lowest BCUT2D eigenvalue weighted by Gasteiger charge is -2.06. The van der Waals surface area contributed by atoms with E-state index >= 15 is 0 Å². The molecule has 0 saturated carbocycles. The molecule has 2 aromatic carbocycles. The summed E-state index contributed by atoms with van der Waals surface area (Å²) in [4.78, 5) is 22.3. The molecule has 4 nitrogen and oxygen atoms in total. The number of benzene rings is 2. The molecule has 0 heterocycles. The lowest BCUT2D eigenvalue weighted by molar-refractivity contribution is -0.137. The minimum Gasteiger partial charge on any atom is -0.481 e. The number of hydrogen-bond donors (Lipinski definition) is 2. The van der Waals surface area contributed by atoms with Crippen molar-refractivity contribution in [1.29, 1.82) is 0 Å². The normalized spacial score (nSPS) is 10.4. The molecule has 0 saturated heterocycles. The second-order valence-corrected chi connectivity index (χ2v) is 4.67. The van der Waals surface area contributed by atoms with E-state index in [0.29, 0.717) is 24.9 Å². The number of rotatable bonds is 6. The van der Waals surface area contributed by atoms with Gasteiger partial charge in [0.15, 0.2) is 0 Å². The second-order valence-electron chi connectivity index (χ2n) is 4.67. The van der Waals surface area contributed by atoms with E-state index in [1.54, 1.807) is 6.07 Å². The highest BCUT2D eigenvalue weighted by Gasteiger charge is 2.05. The van der Waals surface area contributed by atoms with Gasteiger partial charge in [-0.15, -0.1) is 0 Å². The molecule has 2 N–H and O–H groups in total. The third-order valence-electron chi connectivity index (χ3n) is 3.11. The Morgan fingerprint density at radius 2 is 1.75 bits per heavy atom. The molecule has 0 unspecified atom stereocenters. The van der Waals surface area contributed by atoms with Gasteiger partial charge < -0.3 is 10.4 Å². The van der Waals surface area contributed by atoms with Crippen LogP contribution in [0.1, 0.15) is 29.6 Å². The van der Waals surface area contributed by atoms with Gasteiger partial charge in [0.2, 0.25) is 0 Å². The fourth-order valence-electron chi connectivity index (χ4n) is 2.04. The Balaban J connectivity index is 1.89. The molecule has 2 aromatic rings. The van der Waals surface area contributed by atoms with E-state index in [0.717, 1.165) is 10.8 Å². The van der Waals surface area contributed by atoms with Gasteiger partial charge in [-0.05, 0) is 35.7 Å². The van der Waals surface area contributed by atoms with Crippen LogP contribution in [0.15, 0.2) is 42.5 Å². The molecule has 4 heteroatoms. The Bertz CT molecular complexity index is 622. The van der Waals surface area contributed by atoms with Crippen LogP contribution in [0.4, 0.5) is 0 Å². The topological polar surface area (TPSA) is 66.4 Å².